The molecule has 0 aromatic heterocycles. The molecule has 1 aliphatic carbocycles. The van der Waals surface area contributed by atoms with E-state index in [4.69, 9.17) is 4.74 Å². The highest BCUT2D eigenvalue weighted by Crippen LogP contribution is 2.20. The average molecular weight is 361 g/mol. The maximum Gasteiger partial charge on any atom is 0.253 e. The summed E-state index contributed by atoms with van der Waals surface area (Å²) in [5, 5.41) is 6.60. The third-order valence-corrected chi connectivity index (χ3v) is 4.56. The second-order valence-electron chi connectivity index (χ2n) is 6.88. The molecule has 1 aliphatic rings. The number of guanidine groups is 1. The lowest BCUT2D eigenvalue weighted by Gasteiger charge is -2.14. The lowest BCUT2D eigenvalue weighted by atomic mass is 10.1. The summed E-state index contributed by atoms with van der Waals surface area (Å²) in [6, 6.07) is 7.64. The molecule has 0 bridgehead atoms. The predicted molar refractivity (Wildman–Crippen MR) is 105 cm³/mol. The van der Waals surface area contributed by atoms with Crippen molar-refractivity contribution in [3.05, 3.63) is 35.4 Å². The Morgan fingerprint density at radius 1 is 1.19 bits per heavy atom. The number of hydrogen-bond acceptors (Lipinski definition) is 3. The van der Waals surface area contributed by atoms with Crippen LogP contribution in [0.15, 0.2) is 29.3 Å². The van der Waals surface area contributed by atoms with E-state index >= 15 is 0 Å². The van der Waals surface area contributed by atoms with Crippen molar-refractivity contribution in [2.75, 3.05) is 34.3 Å². The second kappa shape index (κ2) is 10.8. The maximum absolute atomic E-state index is 11.9. The summed E-state index contributed by atoms with van der Waals surface area (Å²) in [5.41, 5.74) is 1.80. The largest absolute Gasteiger partial charge is 0.378 e. The third-order valence-electron chi connectivity index (χ3n) is 4.56. The fourth-order valence-corrected chi connectivity index (χ4v) is 3.01. The molecule has 1 aromatic carbocycles. The van der Waals surface area contributed by atoms with Gasteiger partial charge in [0.1, 0.15) is 0 Å². The molecule has 26 heavy (non-hydrogen) atoms. The molecule has 1 saturated carbocycles. The van der Waals surface area contributed by atoms with Gasteiger partial charge in [0.15, 0.2) is 5.96 Å². The van der Waals surface area contributed by atoms with Gasteiger partial charge < -0.3 is 20.3 Å². The maximum atomic E-state index is 11.9. The fourth-order valence-electron chi connectivity index (χ4n) is 3.01. The molecule has 1 amide bonds. The standard InChI is InChI=1S/C20H32N4O2/c1-21-20(22-13-6-14-26-18-7-4-5-8-18)23-15-16-9-11-17(12-10-16)19(25)24(2)3/h9-12,18H,4-8,13-15H2,1-3H3,(H2,21,22,23). The van der Waals surface area contributed by atoms with E-state index in [1.807, 2.05) is 24.3 Å². The summed E-state index contributed by atoms with van der Waals surface area (Å²) in [5.74, 6) is 0.793. The first-order chi connectivity index (χ1) is 12.6. The molecule has 6 nitrogen and oxygen atoms in total. The Bertz CT molecular complexity index is 578. The van der Waals surface area contributed by atoms with Gasteiger partial charge in [0.2, 0.25) is 0 Å². The first-order valence-electron chi connectivity index (χ1n) is 9.47. The smallest absolute Gasteiger partial charge is 0.253 e. The number of carbonyl (C=O) groups excluding carboxylic acids is 1. The Morgan fingerprint density at radius 2 is 1.88 bits per heavy atom. The van der Waals surface area contributed by atoms with Crippen molar-refractivity contribution in [3.8, 4) is 0 Å². The molecule has 0 aliphatic heterocycles. The van der Waals surface area contributed by atoms with Crippen molar-refractivity contribution in [1.82, 2.24) is 15.5 Å². The summed E-state index contributed by atoms with van der Waals surface area (Å²) in [4.78, 5) is 17.7. The van der Waals surface area contributed by atoms with Gasteiger partial charge in [0, 0.05) is 46.4 Å². The number of benzene rings is 1. The van der Waals surface area contributed by atoms with E-state index < -0.39 is 0 Å². The lowest BCUT2D eigenvalue weighted by molar-refractivity contribution is 0.0574. The zero-order valence-corrected chi connectivity index (χ0v) is 16.3. The van der Waals surface area contributed by atoms with Crippen LogP contribution in [0.25, 0.3) is 0 Å². The van der Waals surface area contributed by atoms with Crippen molar-refractivity contribution < 1.29 is 9.53 Å². The Morgan fingerprint density at radius 3 is 2.50 bits per heavy atom. The zero-order valence-electron chi connectivity index (χ0n) is 16.3. The number of carbonyl (C=O) groups is 1. The van der Waals surface area contributed by atoms with Crippen LogP contribution in [0.5, 0.6) is 0 Å². The average Bonchev–Trinajstić information content (AvgIpc) is 3.17. The molecule has 6 heteroatoms. The van der Waals surface area contributed by atoms with Gasteiger partial charge in [-0.3, -0.25) is 9.79 Å². The predicted octanol–water partition coefficient (Wildman–Crippen LogP) is 2.40. The number of rotatable bonds is 8. The molecule has 0 radical (unpaired) electrons. The number of amides is 1. The quantitative estimate of drug-likeness (QED) is 0.424. The van der Waals surface area contributed by atoms with Gasteiger partial charge in [-0.2, -0.15) is 0 Å². The van der Waals surface area contributed by atoms with Gasteiger partial charge in [-0.05, 0) is 37.0 Å². The van der Waals surface area contributed by atoms with E-state index in [2.05, 4.69) is 15.6 Å². The minimum absolute atomic E-state index is 0.0156. The van der Waals surface area contributed by atoms with E-state index in [0.717, 1.165) is 31.1 Å². The molecule has 2 rings (SSSR count). The van der Waals surface area contributed by atoms with Crippen LogP contribution in [-0.2, 0) is 11.3 Å². The number of ether oxygens (including phenoxy) is 1. The topological polar surface area (TPSA) is 66.0 Å². The highest BCUT2D eigenvalue weighted by molar-refractivity contribution is 5.93. The normalized spacial score (nSPS) is 15.1. The van der Waals surface area contributed by atoms with Crippen LogP contribution in [0.1, 0.15) is 48.0 Å². The van der Waals surface area contributed by atoms with Crippen LogP contribution < -0.4 is 10.6 Å². The van der Waals surface area contributed by atoms with Crippen LogP contribution in [0.4, 0.5) is 0 Å². The molecule has 0 heterocycles. The highest BCUT2D eigenvalue weighted by Gasteiger charge is 2.14. The molecular weight excluding hydrogens is 328 g/mol. The number of hydrogen-bond donors (Lipinski definition) is 2. The minimum Gasteiger partial charge on any atom is -0.378 e. The summed E-state index contributed by atoms with van der Waals surface area (Å²) in [7, 11) is 5.28. The molecule has 0 atom stereocenters. The van der Waals surface area contributed by atoms with E-state index in [-0.39, 0.29) is 5.91 Å². The number of nitrogens with one attached hydrogen (secondary N) is 2. The van der Waals surface area contributed by atoms with Crippen LogP contribution in [0.2, 0.25) is 0 Å². The van der Waals surface area contributed by atoms with Crippen LogP contribution in [0.3, 0.4) is 0 Å². The zero-order chi connectivity index (χ0) is 18.8. The Kier molecular flexibility index (Phi) is 8.41. The van der Waals surface area contributed by atoms with Crippen LogP contribution >= 0.6 is 0 Å². The van der Waals surface area contributed by atoms with Crippen molar-refractivity contribution >= 4 is 11.9 Å². The van der Waals surface area contributed by atoms with Crippen LogP contribution in [-0.4, -0.2) is 57.2 Å². The Labute approximate surface area is 157 Å². The molecule has 1 fully saturated rings. The monoisotopic (exact) mass is 360 g/mol. The highest BCUT2D eigenvalue weighted by atomic mass is 16.5. The van der Waals surface area contributed by atoms with Crippen molar-refractivity contribution in [3.63, 3.8) is 0 Å². The summed E-state index contributed by atoms with van der Waals surface area (Å²) < 4.78 is 5.86. The Hall–Kier alpha value is -2.08. The van der Waals surface area contributed by atoms with E-state index in [0.29, 0.717) is 18.2 Å². The fraction of sp³-hybridized carbons (Fsp3) is 0.600. The minimum atomic E-state index is 0.0156. The van der Waals surface area contributed by atoms with Gasteiger partial charge in [0.05, 0.1) is 6.10 Å². The molecule has 2 N–H and O–H groups in total. The summed E-state index contributed by atoms with van der Waals surface area (Å²) in [6.07, 6.45) is 6.51. The van der Waals surface area contributed by atoms with Crippen molar-refractivity contribution in [2.24, 2.45) is 4.99 Å². The van der Waals surface area contributed by atoms with Gasteiger partial charge in [-0.15, -0.1) is 0 Å². The third kappa shape index (κ3) is 6.67. The molecular formula is C20H32N4O2. The molecule has 0 spiro atoms. The second-order valence-corrected chi connectivity index (χ2v) is 6.88. The summed E-state index contributed by atoms with van der Waals surface area (Å²) >= 11 is 0. The van der Waals surface area contributed by atoms with Gasteiger partial charge >= 0.3 is 0 Å². The lowest BCUT2D eigenvalue weighted by Crippen LogP contribution is -2.37. The van der Waals surface area contributed by atoms with E-state index in [1.165, 1.54) is 25.7 Å². The summed E-state index contributed by atoms with van der Waals surface area (Å²) in [6.45, 7) is 2.30. The molecule has 1 aromatic rings. The number of aliphatic imine (C=N–C) groups is 1. The molecule has 144 valence electrons. The first-order valence-corrected chi connectivity index (χ1v) is 9.47. The molecule has 0 unspecified atom stereocenters. The van der Waals surface area contributed by atoms with Crippen LogP contribution in [0, 0.1) is 0 Å². The van der Waals surface area contributed by atoms with Gasteiger partial charge in [0.25, 0.3) is 5.91 Å². The number of nitrogens with zero attached hydrogens (tertiary/aromatic N) is 2. The van der Waals surface area contributed by atoms with Gasteiger partial charge in [-0.1, -0.05) is 25.0 Å². The van der Waals surface area contributed by atoms with Crippen molar-refractivity contribution in [1.29, 1.82) is 0 Å². The van der Waals surface area contributed by atoms with E-state index in [1.54, 1.807) is 26.0 Å². The van der Waals surface area contributed by atoms with Gasteiger partial charge in [-0.25, -0.2) is 0 Å². The van der Waals surface area contributed by atoms with Crippen molar-refractivity contribution in [2.45, 2.75) is 44.8 Å². The van der Waals surface area contributed by atoms with E-state index in [9.17, 15) is 4.79 Å². The SMILES string of the molecule is CN=C(NCCCOC1CCCC1)NCc1ccc(C(=O)N(C)C)cc1. The Balaban J connectivity index is 1.65. The molecule has 0 saturated heterocycles. The first kappa shape index (κ1) is 20.2.